The van der Waals surface area contributed by atoms with Crippen molar-refractivity contribution in [3.8, 4) is 5.75 Å². The summed E-state index contributed by atoms with van der Waals surface area (Å²) in [6, 6.07) is 11.3. The third-order valence-electron chi connectivity index (χ3n) is 4.86. The molecule has 0 aliphatic carbocycles. The molecule has 0 aromatic heterocycles. The van der Waals surface area contributed by atoms with Gasteiger partial charge in [0, 0.05) is 28.9 Å². The molecule has 5 nitrogen and oxygen atoms in total. The number of amides is 2. The Hall–Kier alpha value is -2.25. The first-order chi connectivity index (χ1) is 15.3. The molecule has 0 saturated carbocycles. The van der Waals surface area contributed by atoms with Gasteiger partial charge in [0.25, 0.3) is 0 Å². The highest BCUT2D eigenvalue weighted by atomic mass is 35.5. The number of benzene rings is 2. The Morgan fingerprint density at radius 2 is 1.88 bits per heavy atom. The molecule has 2 aromatic carbocycles. The Kier molecular flexibility index (Phi) is 10.3. The van der Waals surface area contributed by atoms with Crippen LogP contribution in [0.15, 0.2) is 42.5 Å². The summed E-state index contributed by atoms with van der Waals surface area (Å²) >= 11 is 7.36. The van der Waals surface area contributed by atoms with Crippen LogP contribution in [0, 0.1) is 5.82 Å². The Balaban J connectivity index is 2.17. The number of hydrogen-bond donors (Lipinski definition) is 1. The average molecular weight is 481 g/mol. The van der Waals surface area contributed by atoms with Crippen molar-refractivity contribution in [2.75, 3.05) is 12.9 Å². The normalized spacial score (nSPS) is 11.8. The van der Waals surface area contributed by atoms with Crippen LogP contribution < -0.4 is 10.1 Å². The van der Waals surface area contributed by atoms with Gasteiger partial charge in [0.05, 0.1) is 12.9 Å². The number of nitrogens with one attached hydrogen (secondary N) is 1. The van der Waals surface area contributed by atoms with E-state index in [9.17, 15) is 14.0 Å². The minimum absolute atomic E-state index is 0.0351. The molecule has 0 aliphatic rings. The Morgan fingerprint density at radius 3 is 2.44 bits per heavy atom. The molecule has 0 spiro atoms. The number of rotatable bonds is 11. The van der Waals surface area contributed by atoms with E-state index in [1.165, 1.54) is 17.8 Å². The average Bonchev–Trinajstić information content (AvgIpc) is 2.75. The van der Waals surface area contributed by atoms with Crippen LogP contribution in [0.3, 0.4) is 0 Å². The van der Waals surface area contributed by atoms with Crippen LogP contribution in [0.2, 0.25) is 5.02 Å². The van der Waals surface area contributed by atoms with Crippen molar-refractivity contribution in [3.05, 3.63) is 64.4 Å². The molecule has 0 heterocycles. The maximum absolute atomic E-state index is 14.0. The van der Waals surface area contributed by atoms with Crippen molar-refractivity contribution in [2.24, 2.45) is 0 Å². The lowest BCUT2D eigenvalue weighted by Gasteiger charge is -2.31. The number of ether oxygens (including phenoxy) is 1. The van der Waals surface area contributed by atoms with Crippen LogP contribution in [-0.4, -0.2) is 41.7 Å². The molecule has 0 radical (unpaired) electrons. The number of halogens is 2. The predicted octanol–water partition coefficient (Wildman–Crippen LogP) is 5.05. The molecule has 0 bridgehead atoms. The summed E-state index contributed by atoms with van der Waals surface area (Å²) in [6.45, 7) is 5.93. The smallest absolute Gasteiger partial charge is 0.243 e. The Morgan fingerprint density at radius 1 is 1.19 bits per heavy atom. The summed E-state index contributed by atoms with van der Waals surface area (Å²) in [5, 5.41) is 3.24. The molecular weight excluding hydrogens is 451 g/mol. The zero-order chi connectivity index (χ0) is 23.7. The van der Waals surface area contributed by atoms with Crippen molar-refractivity contribution in [1.29, 1.82) is 0 Å². The zero-order valence-electron chi connectivity index (χ0n) is 18.9. The second-order valence-electron chi connectivity index (χ2n) is 7.65. The molecule has 174 valence electrons. The highest BCUT2D eigenvalue weighted by molar-refractivity contribution is 7.99. The van der Waals surface area contributed by atoms with Gasteiger partial charge in [-0.15, -0.1) is 11.8 Å². The van der Waals surface area contributed by atoms with E-state index < -0.39 is 11.9 Å². The molecule has 2 aromatic rings. The van der Waals surface area contributed by atoms with Gasteiger partial charge in [-0.05, 0) is 50.1 Å². The zero-order valence-corrected chi connectivity index (χ0v) is 20.4. The lowest BCUT2D eigenvalue weighted by atomic mass is 10.1. The molecule has 0 unspecified atom stereocenters. The first kappa shape index (κ1) is 26.0. The fraction of sp³-hybridized carbons (Fsp3) is 0.417. The van der Waals surface area contributed by atoms with Gasteiger partial charge in [-0.25, -0.2) is 4.39 Å². The van der Waals surface area contributed by atoms with Gasteiger partial charge in [0.1, 0.15) is 17.6 Å². The number of thioether (sulfide) groups is 1. The summed E-state index contributed by atoms with van der Waals surface area (Å²) < 4.78 is 19.2. The van der Waals surface area contributed by atoms with Crippen LogP contribution in [0.25, 0.3) is 0 Å². The molecule has 0 fully saturated rings. The molecule has 0 aliphatic heterocycles. The van der Waals surface area contributed by atoms with Crippen molar-refractivity contribution >= 4 is 35.2 Å². The topological polar surface area (TPSA) is 58.6 Å². The van der Waals surface area contributed by atoms with E-state index in [0.29, 0.717) is 22.8 Å². The maximum Gasteiger partial charge on any atom is 0.243 e. The van der Waals surface area contributed by atoms with Gasteiger partial charge >= 0.3 is 0 Å². The van der Waals surface area contributed by atoms with Gasteiger partial charge < -0.3 is 15.0 Å². The SMILES string of the molecule is CC[C@H](C(=O)NC(C)C)N(Cc1ccc(OC)cc1)C(=O)CSCc1c(F)cccc1Cl. The van der Waals surface area contributed by atoms with Crippen molar-refractivity contribution in [3.63, 3.8) is 0 Å². The van der Waals surface area contributed by atoms with E-state index in [1.54, 1.807) is 24.1 Å². The number of nitrogens with zero attached hydrogens (tertiary/aromatic N) is 1. The largest absolute Gasteiger partial charge is 0.497 e. The fourth-order valence-electron chi connectivity index (χ4n) is 3.22. The quantitative estimate of drug-likeness (QED) is 0.488. The van der Waals surface area contributed by atoms with Crippen LogP contribution in [0.5, 0.6) is 5.75 Å². The third kappa shape index (κ3) is 7.41. The summed E-state index contributed by atoms with van der Waals surface area (Å²) in [5.41, 5.74) is 1.26. The Bertz CT molecular complexity index is 888. The highest BCUT2D eigenvalue weighted by Crippen LogP contribution is 2.25. The molecule has 32 heavy (non-hydrogen) atoms. The first-order valence-electron chi connectivity index (χ1n) is 10.5. The fourth-order valence-corrected chi connectivity index (χ4v) is 4.47. The molecule has 0 saturated heterocycles. The number of carbonyl (C=O) groups is 2. The molecule has 1 atom stereocenters. The van der Waals surface area contributed by atoms with Gasteiger partial charge in [-0.2, -0.15) is 0 Å². The monoisotopic (exact) mass is 480 g/mol. The molecule has 1 N–H and O–H groups in total. The van der Waals surface area contributed by atoms with E-state index in [0.717, 1.165) is 5.56 Å². The summed E-state index contributed by atoms with van der Waals surface area (Å²) in [6.07, 6.45) is 0.476. The van der Waals surface area contributed by atoms with Crippen LogP contribution in [-0.2, 0) is 21.9 Å². The standard InChI is InChI=1S/C24H30ClFN2O3S/c1-5-22(24(30)27-16(2)3)28(13-17-9-11-18(31-4)12-10-17)23(29)15-32-14-19-20(25)7-6-8-21(19)26/h6-12,16,22H,5,13-15H2,1-4H3,(H,27,30)/t22-/m1/s1. The number of hydrogen-bond acceptors (Lipinski definition) is 4. The second kappa shape index (κ2) is 12.7. The van der Waals surface area contributed by atoms with Crippen molar-refractivity contribution in [2.45, 2.75) is 51.6 Å². The van der Waals surface area contributed by atoms with E-state index in [2.05, 4.69) is 5.32 Å². The first-order valence-corrected chi connectivity index (χ1v) is 12.0. The number of carbonyl (C=O) groups excluding carboxylic acids is 2. The van der Waals surface area contributed by atoms with Gasteiger partial charge in [-0.3, -0.25) is 9.59 Å². The maximum atomic E-state index is 14.0. The van der Waals surface area contributed by atoms with Gasteiger partial charge in [0.2, 0.25) is 11.8 Å². The van der Waals surface area contributed by atoms with Crippen molar-refractivity contribution in [1.82, 2.24) is 10.2 Å². The van der Waals surface area contributed by atoms with Gasteiger partial charge in [-0.1, -0.05) is 36.7 Å². The molecule has 2 rings (SSSR count). The minimum atomic E-state index is -0.607. The summed E-state index contributed by atoms with van der Waals surface area (Å²) in [5.74, 6) is 0.314. The van der Waals surface area contributed by atoms with Gasteiger partial charge in [0.15, 0.2) is 0 Å². The van der Waals surface area contributed by atoms with E-state index in [1.807, 2.05) is 45.0 Å². The highest BCUT2D eigenvalue weighted by Gasteiger charge is 2.29. The third-order valence-corrected chi connectivity index (χ3v) is 6.16. The molecule has 2 amide bonds. The predicted molar refractivity (Wildman–Crippen MR) is 128 cm³/mol. The van der Waals surface area contributed by atoms with Crippen LogP contribution in [0.1, 0.15) is 38.3 Å². The summed E-state index contributed by atoms with van der Waals surface area (Å²) in [7, 11) is 1.59. The second-order valence-corrected chi connectivity index (χ2v) is 9.04. The lowest BCUT2D eigenvalue weighted by molar-refractivity contribution is -0.139. The Labute approximate surface area is 198 Å². The minimum Gasteiger partial charge on any atom is -0.497 e. The molecule has 8 heteroatoms. The van der Waals surface area contributed by atoms with Crippen LogP contribution >= 0.6 is 23.4 Å². The van der Waals surface area contributed by atoms with E-state index in [4.69, 9.17) is 16.3 Å². The van der Waals surface area contributed by atoms with Crippen LogP contribution in [0.4, 0.5) is 4.39 Å². The lowest BCUT2D eigenvalue weighted by Crippen LogP contribution is -2.50. The molecular formula is C24H30ClFN2O3S. The van der Waals surface area contributed by atoms with E-state index >= 15 is 0 Å². The summed E-state index contributed by atoms with van der Waals surface area (Å²) in [4.78, 5) is 27.6. The van der Waals surface area contributed by atoms with E-state index in [-0.39, 0.29) is 35.9 Å². The number of methoxy groups -OCH3 is 1. The van der Waals surface area contributed by atoms with Crippen molar-refractivity contribution < 1.29 is 18.7 Å².